The predicted molar refractivity (Wildman–Crippen MR) is 65.9 cm³/mol. The molecule has 0 fully saturated rings. The first-order chi connectivity index (χ1) is 8.42. The number of carbonyl (C=O) groups is 2. The third-order valence-corrected chi connectivity index (χ3v) is 3.84. The number of carbonyl (C=O) groups excluding carboxylic acids is 2. The van der Waals surface area contributed by atoms with E-state index in [1.54, 1.807) is 6.08 Å². The Morgan fingerprint density at radius 3 is 2.67 bits per heavy atom. The second-order valence-electron chi connectivity index (χ2n) is 4.90. The molecule has 2 rings (SSSR count). The van der Waals surface area contributed by atoms with Crippen LogP contribution in [0.5, 0.6) is 0 Å². The molecule has 0 aliphatic heterocycles. The summed E-state index contributed by atoms with van der Waals surface area (Å²) >= 11 is 0. The van der Waals surface area contributed by atoms with Gasteiger partial charge in [-0.05, 0) is 32.8 Å². The maximum Gasteiger partial charge on any atom is 0.320 e. The topological polar surface area (TPSA) is 63.6 Å². The number of allylic oxidation sites excluding steroid dienone is 3. The lowest BCUT2D eigenvalue weighted by Gasteiger charge is -2.37. The van der Waals surface area contributed by atoms with Crippen LogP contribution in [0.2, 0.25) is 0 Å². The SMILES string of the molecule is COC(=O)C12C=CC(=O)C(O)=C1CC(C)=C(C)C2. The van der Waals surface area contributed by atoms with Crippen LogP contribution in [0.4, 0.5) is 0 Å². The number of aliphatic hydroxyl groups is 1. The molecule has 0 aromatic carbocycles. The van der Waals surface area contributed by atoms with E-state index in [0.717, 1.165) is 11.1 Å². The number of esters is 1. The van der Waals surface area contributed by atoms with Crippen LogP contribution in [0.1, 0.15) is 26.7 Å². The van der Waals surface area contributed by atoms with Crippen LogP contribution in [0, 0.1) is 5.41 Å². The molecular formula is C14H16O4. The van der Waals surface area contributed by atoms with Crippen molar-refractivity contribution in [2.45, 2.75) is 26.7 Å². The van der Waals surface area contributed by atoms with Gasteiger partial charge in [-0.2, -0.15) is 0 Å². The molecule has 2 aliphatic rings. The maximum atomic E-state index is 12.1. The number of fused-ring (bicyclic) bond motifs is 1. The average molecular weight is 248 g/mol. The molecule has 0 amide bonds. The zero-order valence-electron chi connectivity index (χ0n) is 10.7. The van der Waals surface area contributed by atoms with Crippen molar-refractivity contribution >= 4 is 11.8 Å². The van der Waals surface area contributed by atoms with Crippen LogP contribution in [0.3, 0.4) is 0 Å². The summed E-state index contributed by atoms with van der Waals surface area (Å²) in [4.78, 5) is 23.6. The lowest BCUT2D eigenvalue weighted by Crippen LogP contribution is -2.39. The van der Waals surface area contributed by atoms with E-state index in [1.807, 2.05) is 13.8 Å². The highest BCUT2D eigenvalue weighted by Crippen LogP contribution is 2.48. The van der Waals surface area contributed by atoms with Crippen molar-refractivity contribution in [2.24, 2.45) is 5.41 Å². The van der Waals surface area contributed by atoms with Gasteiger partial charge in [-0.15, -0.1) is 0 Å². The van der Waals surface area contributed by atoms with Gasteiger partial charge >= 0.3 is 5.97 Å². The zero-order valence-corrected chi connectivity index (χ0v) is 10.7. The minimum Gasteiger partial charge on any atom is -0.504 e. The molecule has 4 nitrogen and oxygen atoms in total. The Labute approximate surface area is 106 Å². The van der Waals surface area contributed by atoms with Gasteiger partial charge in [-0.1, -0.05) is 17.2 Å². The third-order valence-electron chi connectivity index (χ3n) is 3.84. The lowest BCUT2D eigenvalue weighted by atomic mass is 9.66. The molecule has 0 aromatic heterocycles. The number of aliphatic hydroxyl groups excluding tert-OH is 1. The van der Waals surface area contributed by atoms with Gasteiger partial charge in [-0.25, -0.2) is 0 Å². The van der Waals surface area contributed by atoms with E-state index in [-0.39, 0.29) is 5.76 Å². The number of hydrogen-bond donors (Lipinski definition) is 1. The van der Waals surface area contributed by atoms with E-state index in [2.05, 4.69) is 0 Å². The van der Waals surface area contributed by atoms with Gasteiger partial charge in [0, 0.05) is 5.57 Å². The van der Waals surface area contributed by atoms with Gasteiger partial charge in [0.15, 0.2) is 5.76 Å². The second kappa shape index (κ2) is 4.12. The molecule has 1 atom stereocenters. The highest BCUT2D eigenvalue weighted by Gasteiger charge is 2.47. The first-order valence-electron chi connectivity index (χ1n) is 5.82. The number of methoxy groups -OCH3 is 1. The number of ketones is 1. The van der Waals surface area contributed by atoms with E-state index in [9.17, 15) is 14.7 Å². The van der Waals surface area contributed by atoms with E-state index >= 15 is 0 Å². The van der Waals surface area contributed by atoms with Crippen LogP contribution in [-0.2, 0) is 14.3 Å². The zero-order chi connectivity index (χ0) is 13.5. The van der Waals surface area contributed by atoms with E-state index < -0.39 is 17.2 Å². The molecule has 0 saturated carbocycles. The standard InChI is InChI=1S/C14H16O4/c1-8-6-10-12(16)11(15)4-5-14(10,7-9(8)2)13(17)18-3/h4-5,16H,6-7H2,1-3H3. The second-order valence-corrected chi connectivity index (χ2v) is 4.90. The summed E-state index contributed by atoms with van der Waals surface area (Å²) in [7, 11) is 1.32. The molecule has 0 heterocycles. The van der Waals surface area contributed by atoms with Gasteiger partial charge in [0.05, 0.1) is 7.11 Å². The van der Waals surface area contributed by atoms with Crippen molar-refractivity contribution in [2.75, 3.05) is 7.11 Å². The fraction of sp³-hybridized carbons (Fsp3) is 0.429. The van der Waals surface area contributed by atoms with Crippen molar-refractivity contribution < 1.29 is 19.4 Å². The molecular weight excluding hydrogens is 232 g/mol. The van der Waals surface area contributed by atoms with Crippen molar-refractivity contribution in [3.63, 3.8) is 0 Å². The molecule has 1 N–H and O–H groups in total. The predicted octanol–water partition coefficient (Wildman–Crippen LogP) is 2.23. The minimum absolute atomic E-state index is 0.310. The summed E-state index contributed by atoms with van der Waals surface area (Å²) in [5.74, 6) is -1.19. The largest absolute Gasteiger partial charge is 0.504 e. The van der Waals surface area contributed by atoms with Crippen LogP contribution >= 0.6 is 0 Å². The smallest absolute Gasteiger partial charge is 0.320 e. The lowest BCUT2D eigenvalue weighted by molar-refractivity contribution is -0.148. The van der Waals surface area contributed by atoms with Gasteiger partial charge in [0.2, 0.25) is 5.78 Å². The molecule has 96 valence electrons. The Balaban J connectivity index is 2.63. The monoisotopic (exact) mass is 248 g/mol. The number of ether oxygens (including phenoxy) is 1. The molecule has 0 spiro atoms. The summed E-state index contributed by atoms with van der Waals surface area (Å²) < 4.78 is 4.85. The normalized spacial score (nSPS) is 27.4. The quantitative estimate of drug-likeness (QED) is 0.571. The Kier molecular flexibility index (Phi) is 2.89. The van der Waals surface area contributed by atoms with Gasteiger partial charge in [0.1, 0.15) is 5.41 Å². The molecule has 0 radical (unpaired) electrons. The Morgan fingerprint density at radius 2 is 2.06 bits per heavy atom. The van der Waals surface area contributed by atoms with E-state index in [0.29, 0.717) is 18.4 Å². The maximum absolute atomic E-state index is 12.1. The van der Waals surface area contributed by atoms with Crippen molar-refractivity contribution in [1.29, 1.82) is 0 Å². The Morgan fingerprint density at radius 1 is 1.39 bits per heavy atom. The van der Waals surface area contributed by atoms with Gasteiger partial charge < -0.3 is 9.84 Å². The number of hydrogen-bond acceptors (Lipinski definition) is 4. The van der Waals surface area contributed by atoms with Gasteiger partial charge in [0.25, 0.3) is 0 Å². The van der Waals surface area contributed by atoms with Crippen LogP contribution in [-0.4, -0.2) is 24.0 Å². The highest BCUT2D eigenvalue weighted by atomic mass is 16.5. The molecule has 1 unspecified atom stereocenters. The number of rotatable bonds is 1. The first-order valence-corrected chi connectivity index (χ1v) is 5.82. The molecule has 4 heteroatoms. The minimum atomic E-state index is -1.00. The van der Waals surface area contributed by atoms with Crippen LogP contribution < -0.4 is 0 Å². The van der Waals surface area contributed by atoms with Crippen molar-refractivity contribution in [3.8, 4) is 0 Å². The first kappa shape index (κ1) is 12.6. The molecule has 18 heavy (non-hydrogen) atoms. The summed E-state index contributed by atoms with van der Waals surface area (Å²) in [5, 5.41) is 9.94. The third kappa shape index (κ3) is 1.60. The molecule has 0 bridgehead atoms. The average Bonchev–Trinajstić information content (AvgIpc) is 2.36. The fourth-order valence-corrected chi connectivity index (χ4v) is 2.60. The van der Waals surface area contributed by atoms with Crippen LogP contribution in [0.15, 0.2) is 34.6 Å². The van der Waals surface area contributed by atoms with Crippen molar-refractivity contribution in [1.82, 2.24) is 0 Å². The summed E-state index contributed by atoms with van der Waals surface area (Å²) in [6, 6.07) is 0. The summed E-state index contributed by atoms with van der Waals surface area (Å²) in [6.45, 7) is 3.90. The van der Waals surface area contributed by atoms with Crippen LogP contribution in [0.25, 0.3) is 0 Å². The Hall–Kier alpha value is -1.84. The fourth-order valence-electron chi connectivity index (χ4n) is 2.60. The summed E-state index contributed by atoms with van der Waals surface area (Å²) in [5.41, 5.74) is 1.64. The molecule has 0 aromatic rings. The summed E-state index contributed by atoms with van der Waals surface area (Å²) in [6.07, 6.45) is 3.70. The highest BCUT2D eigenvalue weighted by molar-refractivity contribution is 6.06. The van der Waals surface area contributed by atoms with E-state index in [1.165, 1.54) is 13.2 Å². The van der Waals surface area contributed by atoms with E-state index in [4.69, 9.17) is 4.74 Å². The molecule has 0 saturated heterocycles. The Bertz CT molecular complexity index is 522. The van der Waals surface area contributed by atoms with Crippen molar-refractivity contribution in [3.05, 3.63) is 34.6 Å². The van der Waals surface area contributed by atoms with Gasteiger partial charge in [-0.3, -0.25) is 9.59 Å². The molecule has 2 aliphatic carbocycles.